The zero-order valence-corrected chi connectivity index (χ0v) is 10.6. The lowest BCUT2D eigenvalue weighted by Gasteiger charge is -2.05. The smallest absolute Gasteiger partial charge is 0.152 e. The molecule has 1 aromatic carbocycles. The van der Waals surface area contributed by atoms with Gasteiger partial charge in [-0.1, -0.05) is 18.2 Å². The summed E-state index contributed by atoms with van der Waals surface area (Å²) < 4.78 is 4.21. The van der Waals surface area contributed by atoms with Crippen LogP contribution in [0, 0.1) is 0 Å². The molecule has 3 aromatic rings. The van der Waals surface area contributed by atoms with Crippen molar-refractivity contribution in [1.82, 2.24) is 14.1 Å². The van der Waals surface area contributed by atoms with E-state index in [1.807, 2.05) is 36.9 Å². The van der Waals surface area contributed by atoms with Crippen molar-refractivity contribution >= 4 is 17.2 Å². The summed E-state index contributed by atoms with van der Waals surface area (Å²) in [5, 5.41) is 1.03. The number of aldehydes is 1. The molecule has 0 atom stereocenters. The van der Waals surface area contributed by atoms with Gasteiger partial charge in [-0.15, -0.1) is 0 Å². The van der Waals surface area contributed by atoms with Crippen LogP contribution in [-0.2, 0) is 13.1 Å². The maximum atomic E-state index is 11.1. The Labute approximate surface area is 111 Å². The Bertz CT molecular complexity index is 683. The Morgan fingerprint density at radius 2 is 2.11 bits per heavy atom. The number of benzene rings is 1. The lowest BCUT2D eigenvalue weighted by Crippen LogP contribution is -2.01. The summed E-state index contributed by atoms with van der Waals surface area (Å²) in [7, 11) is 0. The average molecular weight is 253 g/mol. The van der Waals surface area contributed by atoms with Gasteiger partial charge in [0.2, 0.25) is 0 Å². The number of carbonyl (C=O) groups excluding carboxylic acids is 1. The van der Waals surface area contributed by atoms with Crippen LogP contribution in [-0.4, -0.2) is 20.4 Å². The molecule has 0 fully saturated rings. The lowest BCUT2D eigenvalue weighted by atomic mass is 10.2. The highest BCUT2D eigenvalue weighted by Gasteiger charge is 2.06. The van der Waals surface area contributed by atoms with Gasteiger partial charge in [-0.2, -0.15) is 0 Å². The first-order valence-electron chi connectivity index (χ1n) is 6.37. The zero-order valence-electron chi connectivity index (χ0n) is 10.6. The topological polar surface area (TPSA) is 39.8 Å². The molecule has 0 N–H and O–H groups in total. The summed E-state index contributed by atoms with van der Waals surface area (Å²) in [5.41, 5.74) is 1.88. The van der Waals surface area contributed by atoms with E-state index in [0.29, 0.717) is 0 Å². The minimum absolute atomic E-state index is 0.762. The Morgan fingerprint density at radius 1 is 1.21 bits per heavy atom. The van der Waals surface area contributed by atoms with Gasteiger partial charge < -0.3 is 9.13 Å². The maximum Gasteiger partial charge on any atom is 0.152 e. The fourth-order valence-electron chi connectivity index (χ4n) is 2.40. The van der Waals surface area contributed by atoms with Crippen LogP contribution >= 0.6 is 0 Å². The predicted octanol–water partition coefficient (Wildman–Crippen LogP) is 2.74. The molecule has 2 aromatic heterocycles. The molecule has 0 bridgehead atoms. The third-order valence-corrected chi connectivity index (χ3v) is 3.32. The molecule has 0 aliphatic carbocycles. The van der Waals surface area contributed by atoms with Crippen molar-refractivity contribution in [2.45, 2.75) is 19.5 Å². The highest BCUT2D eigenvalue weighted by molar-refractivity contribution is 5.97. The second-order valence-electron chi connectivity index (χ2n) is 4.57. The standard InChI is InChI=1S/C15H15N3O/c19-11-13-10-18(15-5-2-1-4-14(13)15)8-3-7-17-9-6-16-12-17/h1-2,4-6,9-12H,3,7-8H2. The van der Waals surface area contributed by atoms with Crippen LogP contribution in [0.2, 0.25) is 0 Å². The van der Waals surface area contributed by atoms with Crippen molar-refractivity contribution in [3.63, 3.8) is 0 Å². The number of aryl methyl sites for hydroxylation is 2. The highest BCUT2D eigenvalue weighted by Crippen LogP contribution is 2.20. The quantitative estimate of drug-likeness (QED) is 0.656. The van der Waals surface area contributed by atoms with Gasteiger partial charge in [0.1, 0.15) is 0 Å². The number of imidazole rings is 1. The van der Waals surface area contributed by atoms with Gasteiger partial charge in [0.15, 0.2) is 6.29 Å². The number of fused-ring (bicyclic) bond motifs is 1. The number of para-hydroxylation sites is 1. The lowest BCUT2D eigenvalue weighted by molar-refractivity contribution is 0.112. The van der Waals surface area contributed by atoms with E-state index < -0.39 is 0 Å². The van der Waals surface area contributed by atoms with Gasteiger partial charge in [0.05, 0.1) is 6.33 Å². The van der Waals surface area contributed by atoms with Crippen LogP contribution in [0.3, 0.4) is 0 Å². The van der Waals surface area contributed by atoms with E-state index in [9.17, 15) is 4.79 Å². The monoisotopic (exact) mass is 253 g/mol. The molecule has 0 saturated heterocycles. The first-order chi connectivity index (χ1) is 9.38. The number of carbonyl (C=O) groups is 1. The molecule has 4 nitrogen and oxygen atoms in total. The van der Waals surface area contributed by atoms with Crippen molar-refractivity contribution < 1.29 is 4.79 Å². The molecule has 0 aliphatic rings. The summed E-state index contributed by atoms with van der Waals surface area (Å²) in [6, 6.07) is 8.01. The van der Waals surface area contributed by atoms with E-state index in [1.54, 1.807) is 6.20 Å². The predicted molar refractivity (Wildman–Crippen MR) is 74.2 cm³/mol. The van der Waals surface area contributed by atoms with Crippen molar-refractivity contribution in [2.24, 2.45) is 0 Å². The normalized spacial score (nSPS) is 10.9. The van der Waals surface area contributed by atoms with Crippen LogP contribution in [0.15, 0.2) is 49.2 Å². The first kappa shape index (κ1) is 11.7. The van der Waals surface area contributed by atoms with E-state index in [4.69, 9.17) is 0 Å². The Balaban J connectivity index is 1.79. The molecule has 3 rings (SSSR count). The van der Waals surface area contributed by atoms with Gasteiger partial charge in [-0.25, -0.2) is 4.98 Å². The molecule has 19 heavy (non-hydrogen) atoms. The Morgan fingerprint density at radius 3 is 2.89 bits per heavy atom. The van der Waals surface area contributed by atoms with Gasteiger partial charge in [0, 0.05) is 48.1 Å². The number of hydrogen-bond donors (Lipinski definition) is 0. The molecule has 96 valence electrons. The number of hydrogen-bond acceptors (Lipinski definition) is 2. The van der Waals surface area contributed by atoms with Crippen LogP contribution in [0.5, 0.6) is 0 Å². The maximum absolute atomic E-state index is 11.1. The molecule has 0 radical (unpaired) electrons. The van der Waals surface area contributed by atoms with E-state index in [0.717, 1.165) is 42.3 Å². The minimum atomic E-state index is 0.762. The Hall–Kier alpha value is -2.36. The SMILES string of the molecule is O=Cc1cn(CCCn2ccnc2)c2ccccc12. The van der Waals surface area contributed by atoms with Crippen LogP contribution in [0.25, 0.3) is 10.9 Å². The molecule has 0 amide bonds. The number of nitrogens with zero attached hydrogens (tertiary/aromatic N) is 3. The second kappa shape index (κ2) is 5.10. The van der Waals surface area contributed by atoms with Crippen molar-refractivity contribution in [2.75, 3.05) is 0 Å². The number of aromatic nitrogens is 3. The molecule has 0 spiro atoms. The summed E-state index contributed by atoms with van der Waals surface area (Å²) in [6.45, 7) is 1.83. The van der Waals surface area contributed by atoms with Gasteiger partial charge in [-0.05, 0) is 12.5 Å². The third-order valence-electron chi connectivity index (χ3n) is 3.32. The third kappa shape index (κ3) is 2.29. The average Bonchev–Trinajstić information content (AvgIpc) is 3.07. The highest BCUT2D eigenvalue weighted by atomic mass is 16.1. The van der Waals surface area contributed by atoms with Gasteiger partial charge in [0.25, 0.3) is 0 Å². The van der Waals surface area contributed by atoms with Crippen LogP contribution < -0.4 is 0 Å². The summed E-state index contributed by atoms with van der Waals surface area (Å²) >= 11 is 0. The van der Waals surface area contributed by atoms with E-state index in [2.05, 4.69) is 20.2 Å². The van der Waals surface area contributed by atoms with E-state index in [-0.39, 0.29) is 0 Å². The molecule has 0 saturated carbocycles. The molecular formula is C15H15N3O. The molecule has 4 heteroatoms. The second-order valence-corrected chi connectivity index (χ2v) is 4.57. The van der Waals surface area contributed by atoms with Gasteiger partial charge in [-0.3, -0.25) is 4.79 Å². The van der Waals surface area contributed by atoms with Crippen molar-refractivity contribution in [3.05, 3.63) is 54.7 Å². The summed E-state index contributed by atoms with van der Waals surface area (Å²) in [5.74, 6) is 0. The van der Waals surface area contributed by atoms with E-state index in [1.165, 1.54) is 0 Å². The molecular weight excluding hydrogens is 238 g/mol. The Kier molecular flexibility index (Phi) is 3.14. The van der Waals surface area contributed by atoms with E-state index >= 15 is 0 Å². The summed E-state index contributed by atoms with van der Waals surface area (Å²) in [6.07, 6.45) is 9.44. The fourth-order valence-corrected chi connectivity index (χ4v) is 2.40. The number of rotatable bonds is 5. The van der Waals surface area contributed by atoms with Crippen LogP contribution in [0.4, 0.5) is 0 Å². The molecule has 2 heterocycles. The largest absolute Gasteiger partial charge is 0.347 e. The minimum Gasteiger partial charge on any atom is -0.347 e. The first-order valence-corrected chi connectivity index (χ1v) is 6.37. The molecule has 0 unspecified atom stereocenters. The molecule has 0 aliphatic heterocycles. The fraction of sp³-hybridized carbons (Fsp3) is 0.200. The van der Waals surface area contributed by atoms with Crippen molar-refractivity contribution in [3.8, 4) is 0 Å². The summed E-state index contributed by atoms with van der Waals surface area (Å²) in [4.78, 5) is 15.1. The van der Waals surface area contributed by atoms with Crippen LogP contribution in [0.1, 0.15) is 16.8 Å². The van der Waals surface area contributed by atoms with Crippen molar-refractivity contribution in [1.29, 1.82) is 0 Å². The van der Waals surface area contributed by atoms with Gasteiger partial charge >= 0.3 is 0 Å². The zero-order chi connectivity index (χ0) is 13.1.